The van der Waals surface area contributed by atoms with Crippen molar-refractivity contribution in [2.45, 2.75) is 43.6 Å². The van der Waals surface area contributed by atoms with Gasteiger partial charge in [-0.25, -0.2) is 4.79 Å². The lowest BCUT2D eigenvalue weighted by Crippen LogP contribution is -2.59. The van der Waals surface area contributed by atoms with Crippen LogP contribution >= 0.6 is 0 Å². The number of carbonyl (C=O) groups excluding carboxylic acids is 2. The Morgan fingerprint density at radius 1 is 1.21 bits per heavy atom. The molecule has 2 amide bonds. The van der Waals surface area contributed by atoms with Gasteiger partial charge in [0.05, 0.1) is 5.54 Å². The lowest BCUT2D eigenvalue weighted by atomic mass is 9.68. The van der Waals surface area contributed by atoms with E-state index in [0.29, 0.717) is 19.4 Å². The van der Waals surface area contributed by atoms with E-state index in [0.717, 1.165) is 25.9 Å². The highest BCUT2D eigenvalue weighted by atomic mass is 16.6. The third-order valence-corrected chi connectivity index (χ3v) is 6.12. The monoisotopic (exact) mass is 328 g/mol. The maximum absolute atomic E-state index is 12.7. The van der Waals surface area contributed by atoms with Gasteiger partial charge < -0.3 is 15.0 Å². The largest absolute Gasteiger partial charge is 0.447 e. The fourth-order valence-corrected chi connectivity index (χ4v) is 4.38. The molecular formula is C19H24N2O3. The molecule has 1 aliphatic carbocycles. The molecule has 0 bridgehead atoms. The molecule has 2 heterocycles. The summed E-state index contributed by atoms with van der Waals surface area (Å²) in [5.74, 6) is 0.282. The first-order chi connectivity index (χ1) is 11.5. The molecule has 1 aromatic rings. The van der Waals surface area contributed by atoms with Crippen LogP contribution in [0.3, 0.4) is 0 Å². The molecule has 1 aromatic carbocycles. The summed E-state index contributed by atoms with van der Waals surface area (Å²) in [7, 11) is 0. The van der Waals surface area contributed by atoms with Crippen LogP contribution in [-0.2, 0) is 14.9 Å². The van der Waals surface area contributed by atoms with Crippen LogP contribution in [0, 0.1) is 5.92 Å². The van der Waals surface area contributed by atoms with Crippen molar-refractivity contribution >= 4 is 12.0 Å². The number of benzene rings is 1. The van der Waals surface area contributed by atoms with Crippen molar-refractivity contribution in [2.75, 3.05) is 19.7 Å². The number of piperidine rings is 1. The van der Waals surface area contributed by atoms with E-state index >= 15 is 0 Å². The molecule has 3 aliphatic rings. The maximum Gasteiger partial charge on any atom is 0.407 e. The molecule has 0 atom stereocenters. The van der Waals surface area contributed by atoms with E-state index in [1.165, 1.54) is 5.56 Å². The second kappa shape index (κ2) is 5.50. The van der Waals surface area contributed by atoms with Crippen LogP contribution in [0.1, 0.15) is 38.2 Å². The summed E-state index contributed by atoms with van der Waals surface area (Å²) in [6.07, 6.45) is 3.08. The van der Waals surface area contributed by atoms with Gasteiger partial charge >= 0.3 is 6.09 Å². The summed E-state index contributed by atoms with van der Waals surface area (Å²) in [6.45, 7) is 4.34. The van der Waals surface area contributed by atoms with Crippen LogP contribution in [-0.4, -0.2) is 42.1 Å². The molecular weight excluding hydrogens is 304 g/mol. The summed E-state index contributed by atoms with van der Waals surface area (Å²) in [4.78, 5) is 25.9. The Hall–Kier alpha value is -2.04. The minimum absolute atomic E-state index is 0.0353. The summed E-state index contributed by atoms with van der Waals surface area (Å²) in [6, 6.07) is 10.6. The molecule has 24 heavy (non-hydrogen) atoms. The molecule has 5 heteroatoms. The van der Waals surface area contributed by atoms with Gasteiger partial charge in [-0.05, 0) is 36.7 Å². The normalized spacial score (nSPS) is 31.3. The summed E-state index contributed by atoms with van der Waals surface area (Å²) in [5.41, 5.74) is 1.25. The van der Waals surface area contributed by atoms with Crippen molar-refractivity contribution in [3.63, 3.8) is 0 Å². The predicted octanol–water partition coefficient (Wildman–Crippen LogP) is 2.46. The number of rotatable bonds is 2. The number of hydrogen-bond donors (Lipinski definition) is 1. The lowest BCUT2D eigenvalue weighted by Gasteiger charge is -2.46. The highest BCUT2D eigenvalue weighted by molar-refractivity contribution is 5.81. The van der Waals surface area contributed by atoms with Crippen LogP contribution in [0.2, 0.25) is 0 Å². The van der Waals surface area contributed by atoms with Crippen LogP contribution in [0.15, 0.2) is 30.3 Å². The molecule has 5 nitrogen and oxygen atoms in total. The van der Waals surface area contributed by atoms with Crippen molar-refractivity contribution in [3.05, 3.63) is 35.9 Å². The van der Waals surface area contributed by atoms with Gasteiger partial charge in [0.25, 0.3) is 0 Å². The van der Waals surface area contributed by atoms with Gasteiger partial charge in [0, 0.05) is 19.0 Å². The summed E-state index contributed by atoms with van der Waals surface area (Å²) >= 11 is 0. The number of nitrogens with zero attached hydrogens (tertiary/aromatic N) is 1. The first-order valence-corrected chi connectivity index (χ1v) is 8.79. The number of ether oxygens (including phenoxy) is 1. The maximum atomic E-state index is 12.7. The molecule has 2 saturated heterocycles. The number of cyclic esters (lactones) is 1. The molecule has 0 unspecified atom stereocenters. The molecule has 1 spiro atoms. The fourth-order valence-electron chi connectivity index (χ4n) is 4.38. The third-order valence-electron chi connectivity index (χ3n) is 6.12. The minimum Gasteiger partial charge on any atom is -0.447 e. The van der Waals surface area contributed by atoms with Gasteiger partial charge in [-0.15, -0.1) is 0 Å². The van der Waals surface area contributed by atoms with Gasteiger partial charge in [0.1, 0.15) is 6.61 Å². The van der Waals surface area contributed by atoms with Crippen LogP contribution < -0.4 is 5.32 Å². The molecule has 1 saturated carbocycles. The standard InChI is InChI=1S/C19H24N2O3/c1-18(15-5-3-2-4-6-15)7-9-21(10-8-18)16(22)14-11-19(12-14)13-24-17(23)20-19/h2-6,14H,7-13H2,1H3,(H,20,23)/t14-,19+. The van der Waals surface area contributed by atoms with Gasteiger partial charge in [0.15, 0.2) is 0 Å². The number of likely N-dealkylation sites (tertiary alicyclic amines) is 1. The quantitative estimate of drug-likeness (QED) is 0.907. The average Bonchev–Trinajstić information content (AvgIpc) is 2.97. The highest BCUT2D eigenvalue weighted by Gasteiger charge is 2.53. The number of alkyl carbamates (subject to hydrolysis) is 1. The van der Waals surface area contributed by atoms with E-state index in [4.69, 9.17) is 4.74 Å². The first-order valence-electron chi connectivity index (χ1n) is 8.79. The molecule has 0 aromatic heterocycles. The summed E-state index contributed by atoms with van der Waals surface area (Å²) < 4.78 is 4.99. The van der Waals surface area contributed by atoms with Crippen LogP contribution in [0.5, 0.6) is 0 Å². The predicted molar refractivity (Wildman–Crippen MR) is 89.5 cm³/mol. The van der Waals surface area contributed by atoms with Crippen LogP contribution in [0.4, 0.5) is 4.79 Å². The van der Waals surface area contributed by atoms with E-state index < -0.39 is 0 Å². The van der Waals surface area contributed by atoms with Gasteiger partial charge in [0.2, 0.25) is 5.91 Å². The fraction of sp³-hybridized carbons (Fsp3) is 0.579. The third kappa shape index (κ3) is 2.56. The molecule has 3 fully saturated rings. The second-order valence-corrected chi connectivity index (χ2v) is 7.84. The Labute approximate surface area is 142 Å². The van der Waals surface area contributed by atoms with E-state index in [-0.39, 0.29) is 28.9 Å². The lowest BCUT2D eigenvalue weighted by molar-refractivity contribution is -0.142. The Morgan fingerprint density at radius 2 is 1.88 bits per heavy atom. The Kier molecular flexibility index (Phi) is 3.55. The zero-order chi connectivity index (χ0) is 16.8. The Morgan fingerprint density at radius 3 is 2.46 bits per heavy atom. The minimum atomic E-state index is -0.350. The van der Waals surface area contributed by atoms with Gasteiger partial charge in [-0.2, -0.15) is 0 Å². The van der Waals surface area contributed by atoms with Crippen molar-refractivity contribution in [2.24, 2.45) is 5.92 Å². The zero-order valence-electron chi connectivity index (χ0n) is 14.1. The smallest absolute Gasteiger partial charge is 0.407 e. The number of hydrogen-bond acceptors (Lipinski definition) is 3. The van der Waals surface area contributed by atoms with E-state index in [1.54, 1.807) is 0 Å². The molecule has 0 radical (unpaired) electrons. The Balaban J connectivity index is 1.33. The molecule has 4 rings (SSSR count). The van der Waals surface area contributed by atoms with E-state index in [2.05, 4.69) is 36.5 Å². The molecule has 2 aliphatic heterocycles. The average molecular weight is 328 g/mol. The topological polar surface area (TPSA) is 58.6 Å². The van der Waals surface area contributed by atoms with Crippen molar-refractivity contribution in [1.29, 1.82) is 0 Å². The molecule has 1 N–H and O–H groups in total. The number of carbonyl (C=O) groups is 2. The molecule has 128 valence electrons. The SMILES string of the molecule is CC1(c2ccccc2)CCN(C(=O)[C@H]2C[C@]3(COC(=O)N3)C2)CC1. The van der Waals surface area contributed by atoms with Crippen molar-refractivity contribution < 1.29 is 14.3 Å². The first kappa shape index (κ1) is 15.5. The zero-order valence-corrected chi connectivity index (χ0v) is 14.1. The highest BCUT2D eigenvalue weighted by Crippen LogP contribution is 2.42. The number of nitrogens with one attached hydrogen (secondary N) is 1. The van der Waals surface area contributed by atoms with Crippen molar-refractivity contribution in [3.8, 4) is 0 Å². The number of amides is 2. The van der Waals surface area contributed by atoms with Crippen LogP contribution in [0.25, 0.3) is 0 Å². The van der Waals surface area contributed by atoms with E-state index in [9.17, 15) is 9.59 Å². The second-order valence-electron chi connectivity index (χ2n) is 7.84. The van der Waals surface area contributed by atoms with Gasteiger partial charge in [-0.1, -0.05) is 37.3 Å². The van der Waals surface area contributed by atoms with Crippen molar-refractivity contribution in [1.82, 2.24) is 10.2 Å². The Bertz CT molecular complexity index is 644. The summed E-state index contributed by atoms with van der Waals surface area (Å²) in [5, 5.41) is 2.86. The van der Waals surface area contributed by atoms with Gasteiger partial charge in [-0.3, -0.25) is 4.79 Å². The van der Waals surface area contributed by atoms with E-state index in [1.807, 2.05) is 11.0 Å².